The predicted octanol–water partition coefficient (Wildman–Crippen LogP) is 0.547. The molecule has 10 heavy (non-hydrogen) atoms. The second-order valence-corrected chi connectivity index (χ2v) is 1.80. The van der Waals surface area contributed by atoms with Crippen LogP contribution < -0.4 is 5.32 Å². The molecule has 1 aliphatic heterocycles. The zero-order valence-corrected chi connectivity index (χ0v) is 6.81. The van der Waals surface area contributed by atoms with Gasteiger partial charge in [0.2, 0.25) is 5.91 Å². The van der Waals surface area contributed by atoms with Crippen LogP contribution in [-0.4, -0.2) is 25.2 Å². The lowest BCUT2D eigenvalue weighted by Crippen LogP contribution is -2.42. The molecule has 1 heterocycles. The second-order valence-electron chi connectivity index (χ2n) is 1.80. The zero-order chi connectivity index (χ0) is 7.98. The van der Waals surface area contributed by atoms with Gasteiger partial charge in [-0.05, 0) is 6.92 Å². The Kier molecular flexibility index (Phi) is 4.94. The van der Waals surface area contributed by atoms with E-state index in [1.807, 2.05) is 13.8 Å². The second kappa shape index (κ2) is 5.23. The summed E-state index contributed by atoms with van der Waals surface area (Å²) in [4.78, 5) is 10.6. The molecule has 0 aromatic heterocycles. The Morgan fingerprint density at radius 2 is 2.20 bits per heavy atom. The number of morpholine rings is 1. The lowest BCUT2D eigenvalue weighted by Gasteiger charge is -2.18. The van der Waals surface area contributed by atoms with Gasteiger partial charge in [-0.25, -0.2) is 0 Å². The molecule has 60 valence electrons. The third kappa shape index (κ3) is 2.82. The van der Waals surface area contributed by atoms with E-state index in [9.17, 15) is 4.79 Å². The van der Waals surface area contributed by atoms with E-state index < -0.39 is 0 Å². The highest BCUT2D eigenvalue weighted by molar-refractivity contribution is 5.80. The smallest absolute Gasteiger partial charge is 0.248 e. The van der Waals surface area contributed by atoms with Crippen molar-refractivity contribution in [3.05, 3.63) is 0 Å². The van der Waals surface area contributed by atoms with Crippen LogP contribution in [0, 0.1) is 0 Å². The molecule has 1 rings (SSSR count). The van der Waals surface area contributed by atoms with E-state index in [-0.39, 0.29) is 12.0 Å². The molecule has 0 radical (unpaired) electrons. The summed E-state index contributed by atoms with van der Waals surface area (Å²) in [6.07, 6.45) is -0.247. The summed E-state index contributed by atoms with van der Waals surface area (Å²) in [5.41, 5.74) is 0. The average Bonchev–Trinajstić information content (AvgIpc) is 2.00. The van der Waals surface area contributed by atoms with E-state index in [0.717, 1.165) is 0 Å². The Morgan fingerprint density at radius 1 is 1.60 bits per heavy atom. The lowest BCUT2D eigenvalue weighted by molar-refractivity contribution is -0.136. The molecule has 0 bridgehead atoms. The fraction of sp³-hybridized carbons (Fsp3) is 0.857. The standard InChI is InChI=1S/C5H9NO2.C2H6/c1-4-5(7)6-2-3-8-4;1-2/h4H,2-3H2,1H3,(H,6,7);1-2H3/t4-;/m0./s1. The summed E-state index contributed by atoms with van der Waals surface area (Å²) in [6.45, 7) is 7.05. The van der Waals surface area contributed by atoms with Crippen LogP contribution in [0.4, 0.5) is 0 Å². The molecular weight excluding hydrogens is 130 g/mol. The van der Waals surface area contributed by atoms with Crippen molar-refractivity contribution in [2.24, 2.45) is 0 Å². The number of hydrogen-bond donors (Lipinski definition) is 1. The highest BCUT2D eigenvalue weighted by Gasteiger charge is 2.15. The first-order chi connectivity index (χ1) is 4.80. The van der Waals surface area contributed by atoms with Gasteiger partial charge in [0, 0.05) is 6.54 Å². The first kappa shape index (κ1) is 9.43. The average molecular weight is 145 g/mol. The maximum atomic E-state index is 10.6. The number of carbonyl (C=O) groups excluding carboxylic acids is 1. The minimum absolute atomic E-state index is 0.00347. The Hall–Kier alpha value is -0.570. The molecule has 0 aromatic rings. The van der Waals surface area contributed by atoms with Gasteiger partial charge in [-0.3, -0.25) is 4.79 Å². The van der Waals surface area contributed by atoms with Crippen LogP contribution in [0.2, 0.25) is 0 Å². The van der Waals surface area contributed by atoms with E-state index in [2.05, 4.69) is 5.32 Å². The molecule has 0 saturated carbocycles. The van der Waals surface area contributed by atoms with E-state index >= 15 is 0 Å². The quantitative estimate of drug-likeness (QED) is 0.540. The summed E-state index contributed by atoms with van der Waals surface area (Å²) >= 11 is 0. The molecule has 3 nitrogen and oxygen atoms in total. The topological polar surface area (TPSA) is 38.3 Å². The molecule has 0 unspecified atom stereocenters. The Balaban J connectivity index is 0.000000371. The predicted molar refractivity (Wildman–Crippen MR) is 39.8 cm³/mol. The minimum atomic E-state index is -0.247. The molecule has 1 N–H and O–H groups in total. The molecule has 0 aliphatic carbocycles. The molecule has 1 amide bonds. The monoisotopic (exact) mass is 145 g/mol. The molecule has 1 aliphatic rings. The summed E-state index contributed by atoms with van der Waals surface area (Å²) in [7, 11) is 0. The number of nitrogens with one attached hydrogen (secondary N) is 1. The third-order valence-corrected chi connectivity index (χ3v) is 1.14. The summed E-state index contributed by atoms with van der Waals surface area (Å²) in [5, 5.41) is 2.67. The first-order valence-corrected chi connectivity index (χ1v) is 3.70. The van der Waals surface area contributed by atoms with Crippen molar-refractivity contribution in [3.8, 4) is 0 Å². The van der Waals surface area contributed by atoms with Crippen molar-refractivity contribution in [2.45, 2.75) is 26.9 Å². The van der Waals surface area contributed by atoms with Gasteiger partial charge in [0.1, 0.15) is 6.10 Å². The fourth-order valence-electron chi connectivity index (χ4n) is 0.629. The van der Waals surface area contributed by atoms with Crippen LogP contribution in [0.15, 0.2) is 0 Å². The van der Waals surface area contributed by atoms with Crippen molar-refractivity contribution in [2.75, 3.05) is 13.2 Å². The molecule has 0 aromatic carbocycles. The zero-order valence-electron chi connectivity index (χ0n) is 6.81. The van der Waals surface area contributed by atoms with Crippen LogP contribution in [0.25, 0.3) is 0 Å². The van der Waals surface area contributed by atoms with Crippen molar-refractivity contribution < 1.29 is 9.53 Å². The lowest BCUT2D eigenvalue weighted by atomic mass is 10.3. The van der Waals surface area contributed by atoms with Gasteiger partial charge in [0.05, 0.1) is 6.61 Å². The van der Waals surface area contributed by atoms with Crippen molar-refractivity contribution in [3.63, 3.8) is 0 Å². The number of ether oxygens (including phenoxy) is 1. The summed E-state index contributed by atoms with van der Waals surface area (Å²) in [6, 6.07) is 0. The minimum Gasteiger partial charge on any atom is -0.367 e. The fourth-order valence-corrected chi connectivity index (χ4v) is 0.629. The van der Waals surface area contributed by atoms with E-state index in [0.29, 0.717) is 13.2 Å². The van der Waals surface area contributed by atoms with Crippen molar-refractivity contribution in [1.82, 2.24) is 5.32 Å². The Labute approximate surface area is 61.8 Å². The van der Waals surface area contributed by atoms with E-state index in [1.165, 1.54) is 0 Å². The van der Waals surface area contributed by atoms with Crippen LogP contribution in [0.5, 0.6) is 0 Å². The first-order valence-electron chi connectivity index (χ1n) is 3.70. The Morgan fingerprint density at radius 3 is 2.50 bits per heavy atom. The van der Waals surface area contributed by atoms with E-state index in [1.54, 1.807) is 6.92 Å². The largest absolute Gasteiger partial charge is 0.367 e. The highest BCUT2D eigenvalue weighted by Crippen LogP contribution is 1.93. The van der Waals surface area contributed by atoms with Gasteiger partial charge in [-0.2, -0.15) is 0 Å². The Bertz CT molecular complexity index is 104. The summed E-state index contributed by atoms with van der Waals surface area (Å²) in [5.74, 6) is -0.00347. The SMILES string of the molecule is CC.C[C@@H]1OCCNC1=O. The highest BCUT2D eigenvalue weighted by atomic mass is 16.5. The van der Waals surface area contributed by atoms with Crippen LogP contribution in [0.1, 0.15) is 20.8 Å². The van der Waals surface area contributed by atoms with Gasteiger partial charge in [0.25, 0.3) is 0 Å². The van der Waals surface area contributed by atoms with Gasteiger partial charge >= 0.3 is 0 Å². The van der Waals surface area contributed by atoms with Crippen LogP contribution in [0.3, 0.4) is 0 Å². The molecule has 1 saturated heterocycles. The molecule has 0 spiro atoms. The maximum absolute atomic E-state index is 10.6. The van der Waals surface area contributed by atoms with Crippen LogP contribution in [-0.2, 0) is 9.53 Å². The number of carbonyl (C=O) groups is 1. The number of rotatable bonds is 0. The van der Waals surface area contributed by atoms with Crippen molar-refractivity contribution >= 4 is 5.91 Å². The van der Waals surface area contributed by atoms with E-state index in [4.69, 9.17) is 4.74 Å². The molecule has 1 atom stereocenters. The van der Waals surface area contributed by atoms with Gasteiger partial charge < -0.3 is 10.1 Å². The van der Waals surface area contributed by atoms with Gasteiger partial charge in [-0.1, -0.05) is 13.8 Å². The summed E-state index contributed by atoms with van der Waals surface area (Å²) < 4.78 is 4.98. The number of hydrogen-bond acceptors (Lipinski definition) is 2. The maximum Gasteiger partial charge on any atom is 0.248 e. The molecule has 1 fully saturated rings. The van der Waals surface area contributed by atoms with Crippen molar-refractivity contribution in [1.29, 1.82) is 0 Å². The third-order valence-electron chi connectivity index (χ3n) is 1.14. The number of amides is 1. The molecular formula is C7H15NO2. The van der Waals surface area contributed by atoms with Gasteiger partial charge in [0.15, 0.2) is 0 Å². The van der Waals surface area contributed by atoms with Crippen LogP contribution >= 0.6 is 0 Å². The normalized spacial score (nSPS) is 24.3. The van der Waals surface area contributed by atoms with Gasteiger partial charge in [-0.15, -0.1) is 0 Å². The molecule has 3 heteroatoms.